The van der Waals surface area contributed by atoms with Crippen molar-refractivity contribution in [3.63, 3.8) is 0 Å². The van der Waals surface area contributed by atoms with E-state index in [-0.39, 0.29) is 0 Å². The Morgan fingerprint density at radius 3 is 3.08 bits per heavy atom. The molecule has 0 atom stereocenters. The van der Waals surface area contributed by atoms with Gasteiger partial charge in [-0.3, -0.25) is 0 Å². The second-order valence-electron chi connectivity index (χ2n) is 2.89. The zero-order chi connectivity index (χ0) is 8.55. The van der Waals surface area contributed by atoms with Gasteiger partial charge in [0.15, 0.2) is 0 Å². The van der Waals surface area contributed by atoms with Crippen LogP contribution >= 0.6 is 15.9 Å². The van der Waals surface area contributed by atoms with Crippen molar-refractivity contribution in [1.29, 1.82) is 5.26 Å². The number of nitriles is 1. The highest BCUT2D eigenvalue weighted by molar-refractivity contribution is 9.10. The molecule has 0 aromatic carbocycles. The highest BCUT2D eigenvalue weighted by Crippen LogP contribution is 2.27. The number of hydrogen-bond donors (Lipinski definition) is 0. The molecule has 60 valence electrons. The minimum atomic E-state index is 0.686. The van der Waals surface area contributed by atoms with Crippen LogP contribution in [0.1, 0.15) is 23.1 Å². The molecule has 0 fully saturated rings. The molecule has 1 heterocycles. The first-order valence-electron chi connectivity index (χ1n) is 3.89. The lowest BCUT2D eigenvalue weighted by molar-refractivity contribution is 0.910. The van der Waals surface area contributed by atoms with Crippen LogP contribution in [0.2, 0.25) is 0 Å². The Bertz CT molecular complexity index is 366. The van der Waals surface area contributed by atoms with Gasteiger partial charge in [0, 0.05) is 6.20 Å². The number of pyridine rings is 1. The van der Waals surface area contributed by atoms with Crippen LogP contribution in [0.25, 0.3) is 0 Å². The van der Waals surface area contributed by atoms with Gasteiger partial charge in [0.1, 0.15) is 10.7 Å². The maximum Gasteiger partial charge on any atom is 0.124 e. The van der Waals surface area contributed by atoms with Crippen molar-refractivity contribution in [1.82, 2.24) is 4.98 Å². The SMILES string of the molecule is N#Cc1c(Br)ncc2c1CCC2. The van der Waals surface area contributed by atoms with Gasteiger partial charge in [0.05, 0.1) is 5.56 Å². The van der Waals surface area contributed by atoms with Gasteiger partial charge >= 0.3 is 0 Å². The molecule has 0 spiro atoms. The molecule has 2 nitrogen and oxygen atoms in total. The molecule has 0 bridgehead atoms. The first kappa shape index (κ1) is 7.75. The van der Waals surface area contributed by atoms with E-state index in [0.29, 0.717) is 4.60 Å². The van der Waals surface area contributed by atoms with Gasteiger partial charge in [-0.05, 0) is 46.3 Å². The minimum Gasteiger partial charge on any atom is -0.248 e. The monoisotopic (exact) mass is 222 g/mol. The first-order chi connectivity index (χ1) is 5.83. The topological polar surface area (TPSA) is 36.7 Å². The third-order valence-electron chi connectivity index (χ3n) is 2.21. The molecule has 1 aliphatic rings. The summed E-state index contributed by atoms with van der Waals surface area (Å²) in [6.07, 6.45) is 5.12. The predicted molar refractivity (Wildman–Crippen MR) is 48.7 cm³/mol. The van der Waals surface area contributed by atoms with Crippen LogP contribution in [0.5, 0.6) is 0 Å². The summed E-state index contributed by atoms with van der Waals surface area (Å²) in [6.45, 7) is 0. The summed E-state index contributed by atoms with van der Waals surface area (Å²) in [5, 5.41) is 8.86. The quantitative estimate of drug-likeness (QED) is 0.632. The van der Waals surface area contributed by atoms with E-state index in [9.17, 15) is 0 Å². The highest BCUT2D eigenvalue weighted by Gasteiger charge is 2.17. The zero-order valence-electron chi connectivity index (χ0n) is 6.47. The second-order valence-corrected chi connectivity index (χ2v) is 3.64. The second kappa shape index (κ2) is 2.87. The van der Waals surface area contributed by atoms with Crippen LogP contribution in [-0.4, -0.2) is 4.98 Å². The average Bonchev–Trinajstić information content (AvgIpc) is 2.52. The van der Waals surface area contributed by atoms with E-state index < -0.39 is 0 Å². The van der Waals surface area contributed by atoms with Gasteiger partial charge < -0.3 is 0 Å². The van der Waals surface area contributed by atoms with Gasteiger partial charge in [-0.15, -0.1) is 0 Å². The Morgan fingerprint density at radius 1 is 1.50 bits per heavy atom. The standard InChI is InChI=1S/C9H7BrN2/c10-9-8(4-11)7-3-1-2-6(7)5-12-9/h5H,1-3H2. The fourth-order valence-corrected chi connectivity index (χ4v) is 2.06. The first-order valence-corrected chi connectivity index (χ1v) is 4.68. The van der Waals surface area contributed by atoms with Gasteiger partial charge in [0.2, 0.25) is 0 Å². The van der Waals surface area contributed by atoms with Crippen molar-refractivity contribution >= 4 is 15.9 Å². The Balaban J connectivity index is 2.67. The van der Waals surface area contributed by atoms with E-state index in [1.165, 1.54) is 11.1 Å². The molecular weight excluding hydrogens is 216 g/mol. The van der Waals surface area contributed by atoms with Crippen LogP contribution < -0.4 is 0 Å². The van der Waals surface area contributed by atoms with Crippen molar-refractivity contribution in [2.75, 3.05) is 0 Å². The number of aromatic nitrogens is 1. The van der Waals surface area contributed by atoms with Crippen LogP contribution in [0.15, 0.2) is 10.8 Å². The largest absolute Gasteiger partial charge is 0.248 e. The highest BCUT2D eigenvalue weighted by atomic mass is 79.9. The summed E-state index contributed by atoms with van der Waals surface area (Å²) in [7, 11) is 0. The molecule has 0 saturated carbocycles. The summed E-state index contributed by atoms with van der Waals surface area (Å²) in [6, 6.07) is 2.19. The lowest BCUT2D eigenvalue weighted by Crippen LogP contribution is -1.92. The third kappa shape index (κ3) is 1.03. The summed E-state index contributed by atoms with van der Waals surface area (Å²) in [4.78, 5) is 4.12. The van der Waals surface area contributed by atoms with Crippen LogP contribution in [0.4, 0.5) is 0 Å². The van der Waals surface area contributed by atoms with Crippen molar-refractivity contribution in [3.8, 4) is 6.07 Å². The number of fused-ring (bicyclic) bond motifs is 1. The van der Waals surface area contributed by atoms with Crippen molar-refractivity contribution in [3.05, 3.63) is 27.5 Å². The Labute approximate surface area is 79.4 Å². The van der Waals surface area contributed by atoms with E-state index in [0.717, 1.165) is 24.8 Å². The lowest BCUT2D eigenvalue weighted by atomic mass is 10.1. The molecule has 3 heteroatoms. The van der Waals surface area contributed by atoms with Crippen molar-refractivity contribution in [2.24, 2.45) is 0 Å². The molecule has 0 N–H and O–H groups in total. The third-order valence-corrected chi connectivity index (χ3v) is 2.82. The molecule has 1 aliphatic carbocycles. The minimum absolute atomic E-state index is 0.686. The number of nitrogens with zero attached hydrogens (tertiary/aromatic N) is 2. The summed E-state index contributed by atoms with van der Waals surface area (Å²) >= 11 is 3.28. The molecule has 0 amide bonds. The van der Waals surface area contributed by atoms with Gasteiger partial charge in [-0.1, -0.05) is 0 Å². The summed E-state index contributed by atoms with van der Waals surface area (Å²) in [5.74, 6) is 0. The number of hydrogen-bond acceptors (Lipinski definition) is 2. The molecule has 1 aromatic rings. The smallest absolute Gasteiger partial charge is 0.124 e. The molecule has 1 aromatic heterocycles. The number of halogens is 1. The Morgan fingerprint density at radius 2 is 2.33 bits per heavy atom. The average molecular weight is 223 g/mol. The lowest BCUT2D eigenvalue weighted by Gasteiger charge is -2.01. The molecule has 0 aliphatic heterocycles. The van der Waals surface area contributed by atoms with E-state index in [1.807, 2.05) is 6.20 Å². The summed E-state index contributed by atoms with van der Waals surface area (Å²) < 4.78 is 0.686. The van der Waals surface area contributed by atoms with E-state index >= 15 is 0 Å². The Hall–Kier alpha value is -0.880. The van der Waals surface area contributed by atoms with Crippen molar-refractivity contribution in [2.45, 2.75) is 19.3 Å². The van der Waals surface area contributed by atoms with E-state index in [1.54, 1.807) is 0 Å². The van der Waals surface area contributed by atoms with Gasteiger partial charge in [-0.2, -0.15) is 5.26 Å². The molecule has 12 heavy (non-hydrogen) atoms. The predicted octanol–water partition coefficient (Wildman–Crippen LogP) is 2.20. The molecule has 0 radical (unpaired) electrons. The van der Waals surface area contributed by atoms with Crippen LogP contribution in [0.3, 0.4) is 0 Å². The molecule has 0 saturated heterocycles. The zero-order valence-corrected chi connectivity index (χ0v) is 8.06. The summed E-state index contributed by atoms with van der Waals surface area (Å²) in [5.41, 5.74) is 3.17. The fraction of sp³-hybridized carbons (Fsp3) is 0.333. The van der Waals surface area contributed by atoms with Crippen LogP contribution in [0, 0.1) is 11.3 Å². The Kier molecular flexibility index (Phi) is 1.86. The van der Waals surface area contributed by atoms with E-state index in [4.69, 9.17) is 5.26 Å². The fourth-order valence-electron chi connectivity index (χ4n) is 1.63. The van der Waals surface area contributed by atoms with Gasteiger partial charge in [0.25, 0.3) is 0 Å². The molecular formula is C9H7BrN2. The molecule has 2 rings (SSSR count). The number of rotatable bonds is 0. The maximum atomic E-state index is 8.86. The maximum absolute atomic E-state index is 8.86. The van der Waals surface area contributed by atoms with Gasteiger partial charge in [-0.25, -0.2) is 4.98 Å². The normalized spacial score (nSPS) is 14.0. The number of aryl methyl sites for hydroxylation is 1. The van der Waals surface area contributed by atoms with Crippen LogP contribution in [-0.2, 0) is 12.8 Å². The van der Waals surface area contributed by atoms with Crippen molar-refractivity contribution < 1.29 is 0 Å². The molecule has 0 unspecified atom stereocenters. The van der Waals surface area contributed by atoms with E-state index in [2.05, 4.69) is 27.0 Å².